The van der Waals surface area contributed by atoms with Crippen LogP contribution >= 0.6 is 0 Å². The topological polar surface area (TPSA) is 92.5 Å². The second-order valence-corrected chi connectivity index (χ2v) is 7.35. The number of rotatable bonds is 3. The van der Waals surface area contributed by atoms with Gasteiger partial charge in [0.1, 0.15) is 0 Å². The molecule has 0 radical (unpaired) electrons. The lowest BCUT2D eigenvalue weighted by atomic mass is 10.0. The van der Waals surface area contributed by atoms with Crippen molar-refractivity contribution >= 4 is 21.6 Å². The molecule has 1 aromatic rings. The van der Waals surface area contributed by atoms with Gasteiger partial charge in [-0.15, -0.1) is 0 Å². The Kier molecular flexibility index (Phi) is 4.65. The van der Waals surface area contributed by atoms with Gasteiger partial charge >= 0.3 is 0 Å². The van der Waals surface area contributed by atoms with Crippen LogP contribution in [0.3, 0.4) is 0 Å². The summed E-state index contributed by atoms with van der Waals surface area (Å²) in [6.45, 7) is 3.73. The first-order valence-corrected chi connectivity index (χ1v) is 8.40. The van der Waals surface area contributed by atoms with E-state index in [-0.39, 0.29) is 22.9 Å². The first-order chi connectivity index (χ1) is 9.80. The van der Waals surface area contributed by atoms with E-state index in [1.54, 1.807) is 12.1 Å². The highest BCUT2D eigenvalue weighted by atomic mass is 32.2. The molecule has 1 saturated heterocycles. The Morgan fingerprint density at radius 1 is 1.33 bits per heavy atom. The molecule has 0 saturated carbocycles. The van der Waals surface area contributed by atoms with Crippen LogP contribution in [0, 0.1) is 0 Å². The number of carbonyl (C=O) groups is 1. The minimum absolute atomic E-state index is 0.0635. The van der Waals surface area contributed by atoms with Crippen molar-refractivity contribution in [2.24, 2.45) is 5.73 Å². The summed E-state index contributed by atoms with van der Waals surface area (Å²) in [6.07, 6.45) is 1.34. The zero-order valence-corrected chi connectivity index (χ0v) is 13.1. The number of piperidine rings is 1. The molecule has 116 valence electrons. The average molecular weight is 311 g/mol. The third kappa shape index (κ3) is 3.61. The summed E-state index contributed by atoms with van der Waals surface area (Å²) in [5.41, 5.74) is 6.45. The summed E-state index contributed by atoms with van der Waals surface area (Å²) in [7, 11) is -3.51. The van der Waals surface area contributed by atoms with Gasteiger partial charge in [-0.05, 0) is 44.0 Å². The lowest BCUT2D eigenvalue weighted by Gasteiger charge is -2.35. The fourth-order valence-corrected chi connectivity index (χ4v) is 4.25. The van der Waals surface area contributed by atoms with Crippen molar-refractivity contribution in [1.82, 2.24) is 4.31 Å². The molecule has 0 spiro atoms. The van der Waals surface area contributed by atoms with Crippen molar-refractivity contribution in [1.29, 1.82) is 0 Å². The number of amides is 1. The number of anilines is 1. The summed E-state index contributed by atoms with van der Waals surface area (Å²) in [4.78, 5) is 11.2. The smallest absolute Gasteiger partial charge is 0.243 e. The van der Waals surface area contributed by atoms with Gasteiger partial charge in [0.05, 0.1) is 4.90 Å². The highest BCUT2D eigenvalue weighted by Gasteiger charge is 2.33. The number of benzene rings is 1. The summed E-state index contributed by atoms with van der Waals surface area (Å²) < 4.78 is 26.8. The molecule has 0 aromatic heterocycles. The van der Waals surface area contributed by atoms with Crippen molar-refractivity contribution in [3.05, 3.63) is 24.3 Å². The highest BCUT2D eigenvalue weighted by molar-refractivity contribution is 7.89. The largest absolute Gasteiger partial charge is 0.328 e. The van der Waals surface area contributed by atoms with E-state index in [0.29, 0.717) is 25.1 Å². The molecule has 2 unspecified atom stereocenters. The van der Waals surface area contributed by atoms with E-state index < -0.39 is 10.0 Å². The van der Waals surface area contributed by atoms with Crippen LogP contribution < -0.4 is 11.1 Å². The quantitative estimate of drug-likeness (QED) is 0.875. The number of nitrogens with zero attached hydrogens (tertiary/aromatic N) is 1. The van der Waals surface area contributed by atoms with Crippen molar-refractivity contribution in [2.45, 2.75) is 43.7 Å². The zero-order chi connectivity index (χ0) is 15.6. The van der Waals surface area contributed by atoms with E-state index in [4.69, 9.17) is 5.73 Å². The number of carbonyl (C=O) groups excluding carboxylic acids is 1. The Morgan fingerprint density at radius 2 is 1.95 bits per heavy atom. The van der Waals surface area contributed by atoms with Gasteiger partial charge in [-0.2, -0.15) is 4.31 Å². The number of hydrogen-bond donors (Lipinski definition) is 2. The van der Waals surface area contributed by atoms with E-state index >= 15 is 0 Å². The van der Waals surface area contributed by atoms with Crippen LogP contribution in [0.1, 0.15) is 26.7 Å². The molecule has 2 rings (SSSR count). The molecule has 0 bridgehead atoms. The molecule has 3 N–H and O–H groups in total. The van der Waals surface area contributed by atoms with Crippen LogP contribution in [-0.4, -0.2) is 37.3 Å². The molecule has 21 heavy (non-hydrogen) atoms. The molecule has 2 atom stereocenters. The van der Waals surface area contributed by atoms with Gasteiger partial charge in [-0.3, -0.25) is 4.79 Å². The summed E-state index contributed by atoms with van der Waals surface area (Å²) in [5, 5.41) is 2.61. The molecule has 1 heterocycles. The highest BCUT2D eigenvalue weighted by Crippen LogP contribution is 2.25. The Bertz CT molecular complexity index is 613. The van der Waals surface area contributed by atoms with Gasteiger partial charge in [-0.25, -0.2) is 8.42 Å². The lowest BCUT2D eigenvalue weighted by Crippen LogP contribution is -2.48. The van der Waals surface area contributed by atoms with Crippen LogP contribution in [0.4, 0.5) is 5.69 Å². The molecule has 0 aliphatic carbocycles. The summed E-state index contributed by atoms with van der Waals surface area (Å²) in [5.74, 6) is -0.191. The van der Waals surface area contributed by atoms with Crippen LogP contribution in [0.2, 0.25) is 0 Å². The minimum Gasteiger partial charge on any atom is -0.328 e. The van der Waals surface area contributed by atoms with Gasteiger partial charge in [0.2, 0.25) is 15.9 Å². The van der Waals surface area contributed by atoms with E-state index in [1.807, 2.05) is 6.92 Å². The molecule has 7 heteroatoms. The van der Waals surface area contributed by atoms with E-state index in [1.165, 1.54) is 23.4 Å². The lowest BCUT2D eigenvalue weighted by molar-refractivity contribution is -0.114. The molecule has 1 aromatic carbocycles. The second kappa shape index (κ2) is 6.13. The maximum absolute atomic E-state index is 12.6. The van der Waals surface area contributed by atoms with Gasteiger partial charge < -0.3 is 11.1 Å². The zero-order valence-electron chi connectivity index (χ0n) is 12.2. The SMILES string of the molecule is CC(=O)Nc1ccc(S(=O)(=O)N2CCC(N)CC2C)cc1. The number of nitrogens with two attached hydrogens (primary N) is 1. The van der Waals surface area contributed by atoms with E-state index in [0.717, 1.165) is 0 Å². The summed E-state index contributed by atoms with van der Waals surface area (Å²) in [6, 6.07) is 6.18. The van der Waals surface area contributed by atoms with Crippen molar-refractivity contribution in [3.8, 4) is 0 Å². The second-order valence-electron chi connectivity index (χ2n) is 5.45. The number of sulfonamides is 1. The molecule has 6 nitrogen and oxygen atoms in total. The van der Waals surface area contributed by atoms with E-state index in [9.17, 15) is 13.2 Å². The van der Waals surface area contributed by atoms with E-state index in [2.05, 4.69) is 5.32 Å². The maximum atomic E-state index is 12.6. The molecular formula is C14H21N3O3S. The van der Waals surface area contributed by atoms with Crippen molar-refractivity contribution < 1.29 is 13.2 Å². The molecule has 1 amide bonds. The Labute approximate surface area is 125 Å². The fraction of sp³-hybridized carbons (Fsp3) is 0.500. The van der Waals surface area contributed by atoms with Crippen LogP contribution in [0.25, 0.3) is 0 Å². The monoisotopic (exact) mass is 311 g/mol. The first kappa shape index (κ1) is 15.9. The Morgan fingerprint density at radius 3 is 2.48 bits per heavy atom. The van der Waals surface area contributed by atoms with Crippen molar-refractivity contribution in [3.63, 3.8) is 0 Å². The van der Waals surface area contributed by atoms with Crippen LogP contribution in [0.5, 0.6) is 0 Å². The maximum Gasteiger partial charge on any atom is 0.243 e. The predicted molar refractivity (Wildman–Crippen MR) is 81.3 cm³/mol. The molecular weight excluding hydrogens is 290 g/mol. The van der Waals surface area contributed by atoms with Gasteiger partial charge in [-0.1, -0.05) is 0 Å². The first-order valence-electron chi connectivity index (χ1n) is 6.96. The molecule has 1 fully saturated rings. The van der Waals surface area contributed by atoms with Crippen LogP contribution in [0.15, 0.2) is 29.2 Å². The number of hydrogen-bond acceptors (Lipinski definition) is 4. The van der Waals surface area contributed by atoms with Gasteiger partial charge in [0, 0.05) is 31.2 Å². The minimum atomic E-state index is -3.51. The standard InChI is InChI=1S/C14H21N3O3S/c1-10-9-12(15)7-8-17(10)21(19,20)14-5-3-13(4-6-14)16-11(2)18/h3-6,10,12H,7-9,15H2,1-2H3,(H,16,18). The third-order valence-electron chi connectivity index (χ3n) is 3.64. The predicted octanol–water partition coefficient (Wildman–Crippen LogP) is 1.15. The molecule has 1 aliphatic heterocycles. The number of nitrogens with one attached hydrogen (secondary N) is 1. The summed E-state index contributed by atoms with van der Waals surface area (Å²) >= 11 is 0. The van der Waals surface area contributed by atoms with Gasteiger partial charge in [0.15, 0.2) is 0 Å². The Hall–Kier alpha value is -1.44. The van der Waals surface area contributed by atoms with Crippen molar-refractivity contribution in [2.75, 3.05) is 11.9 Å². The fourth-order valence-electron chi connectivity index (χ4n) is 2.59. The normalized spacial score (nSPS) is 23.8. The molecule has 1 aliphatic rings. The van der Waals surface area contributed by atoms with Crippen LogP contribution in [-0.2, 0) is 14.8 Å². The average Bonchev–Trinajstić information content (AvgIpc) is 2.38. The third-order valence-corrected chi connectivity index (χ3v) is 5.66. The Balaban J connectivity index is 2.21. The van der Waals surface area contributed by atoms with Gasteiger partial charge in [0.25, 0.3) is 0 Å².